The second-order valence-electron chi connectivity index (χ2n) is 6.01. The quantitative estimate of drug-likeness (QED) is 0.468. The van der Waals surface area contributed by atoms with Gasteiger partial charge in [-0.25, -0.2) is 4.79 Å². The number of fused-ring (bicyclic) bond motifs is 1. The molecule has 1 aliphatic heterocycles. The van der Waals surface area contributed by atoms with E-state index in [1.54, 1.807) is 18.2 Å². The van der Waals surface area contributed by atoms with E-state index >= 15 is 0 Å². The summed E-state index contributed by atoms with van der Waals surface area (Å²) in [5.41, 5.74) is 7.13. The van der Waals surface area contributed by atoms with Gasteiger partial charge in [-0.05, 0) is 18.2 Å². The van der Waals surface area contributed by atoms with Gasteiger partial charge in [-0.1, -0.05) is 0 Å². The summed E-state index contributed by atoms with van der Waals surface area (Å²) in [4.78, 5) is 15.9. The number of nitrogen functional groups attached to an aromatic ring is 1. The molecular formula is C15H16N8O4. The van der Waals surface area contributed by atoms with Crippen LogP contribution >= 0.6 is 0 Å². The number of aliphatic hydroxyl groups excluding tert-OH is 2. The molecule has 0 amide bonds. The number of H-pyrrole nitrogens is 1. The number of nitrogens with zero attached hydrogens (tertiary/aromatic N) is 6. The van der Waals surface area contributed by atoms with E-state index in [9.17, 15) is 15.0 Å². The Morgan fingerprint density at radius 2 is 2.15 bits per heavy atom. The number of benzene rings is 1. The number of hydrogen-bond acceptors (Lipinski definition) is 10. The van der Waals surface area contributed by atoms with Crippen LogP contribution in [0.5, 0.6) is 0 Å². The van der Waals surface area contributed by atoms with Gasteiger partial charge in [0.1, 0.15) is 29.1 Å². The number of ether oxygens (including phenoxy) is 1. The van der Waals surface area contributed by atoms with Crippen molar-refractivity contribution in [2.24, 2.45) is 10.2 Å². The average molecular weight is 372 g/mol. The maximum atomic E-state index is 12.1. The number of anilines is 1. The first-order valence-corrected chi connectivity index (χ1v) is 8.10. The Hall–Kier alpha value is -3.22. The molecule has 140 valence electrons. The molecule has 3 heterocycles. The topological polar surface area (TPSA) is 177 Å². The van der Waals surface area contributed by atoms with Crippen molar-refractivity contribution >= 4 is 28.2 Å². The second kappa shape index (κ2) is 6.83. The van der Waals surface area contributed by atoms with E-state index in [0.717, 1.165) is 0 Å². The van der Waals surface area contributed by atoms with E-state index in [2.05, 4.69) is 30.6 Å². The molecule has 12 heteroatoms. The van der Waals surface area contributed by atoms with Crippen LogP contribution in [0.4, 0.5) is 17.2 Å². The van der Waals surface area contributed by atoms with Crippen molar-refractivity contribution in [1.29, 1.82) is 0 Å². The molecule has 1 saturated heterocycles. The number of azo groups is 1. The van der Waals surface area contributed by atoms with Crippen LogP contribution in [0.15, 0.2) is 39.4 Å². The molecule has 0 aliphatic carbocycles. The number of rotatable bonds is 4. The van der Waals surface area contributed by atoms with Crippen molar-refractivity contribution in [3.8, 4) is 0 Å². The van der Waals surface area contributed by atoms with Crippen LogP contribution in [-0.4, -0.2) is 54.0 Å². The van der Waals surface area contributed by atoms with Crippen LogP contribution in [0.25, 0.3) is 11.0 Å². The van der Waals surface area contributed by atoms with Crippen LogP contribution in [0.3, 0.4) is 0 Å². The Labute approximate surface area is 151 Å². The zero-order valence-corrected chi connectivity index (χ0v) is 13.9. The van der Waals surface area contributed by atoms with Gasteiger partial charge in [0.2, 0.25) is 0 Å². The summed E-state index contributed by atoms with van der Waals surface area (Å²) < 4.78 is 6.65. The van der Waals surface area contributed by atoms with E-state index in [0.29, 0.717) is 16.7 Å². The molecule has 1 fully saturated rings. The Morgan fingerprint density at radius 3 is 2.93 bits per heavy atom. The molecule has 27 heavy (non-hydrogen) atoms. The van der Waals surface area contributed by atoms with Gasteiger partial charge in [-0.2, -0.15) is 25.5 Å². The summed E-state index contributed by atoms with van der Waals surface area (Å²) in [6.07, 6.45) is -0.934. The largest absolute Gasteiger partial charge is 0.394 e. The summed E-state index contributed by atoms with van der Waals surface area (Å²) in [6, 6.07) is 5.12. The number of nitrogens with two attached hydrogens (primary N) is 1. The summed E-state index contributed by atoms with van der Waals surface area (Å²) in [6.45, 7) is -0.355. The number of aliphatic hydroxyl groups is 2. The molecule has 3 atom stereocenters. The first kappa shape index (κ1) is 17.2. The van der Waals surface area contributed by atoms with Gasteiger partial charge in [0.25, 0.3) is 0 Å². The molecule has 0 bridgehead atoms. The van der Waals surface area contributed by atoms with Crippen molar-refractivity contribution < 1.29 is 14.9 Å². The van der Waals surface area contributed by atoms with Crippen molar-refractivity contribution in [3.63, 3.8) is 0 Å². The van der Waals surface area contributed by atoms with Gasteiger partial charge >= 0.3 is 5.69 Å². The molecular weight excluding hydrogens is 356 g/mol. The zero-order valence-electron chi connectivity index (χ0n) is 13.9. The van der Waals surface area contributed by atoms with Crippen molar-refractivity contribution in [2.75, 3.05) is 12.3 Å². The summed E-state index contributed by atoms with van der Waals surface area (Å²) in [7, 11) is 0. The van der Waals surface area contributed by atoms with Gasteiger partial charge in [0.05, 0.1) is 18.4 Å². The van der Waals surface area contributed by atoms with Crippen LogP contribution in [0.2, 0.25) is 0 Å². The molecule has 3 unspecified atom stereocenters. The number of hydrogen-bond donors (Lipinski definition) is 4. The van der Waals surface area contributed by atoms with Gasteiger partial charge in [0.15, 0.2) is 5.82 Å². The SMILES string of the molecule is Nc1nc(=O)n(C2CC(O)C(CO)O2)cc1N=Nc1ccc2n[nH]nc2c1. The van der Waals surface area contributed by atoms with Crippen LogP contribution in [-0.2, 0) is 4.74 Å². The lowest BCUT2D eigenvalue weighted by Gasteiger charge is -2.14. The fourth-order valence-corrected chi connectivity index (χ4v) is 2.81. The lowest BCUT2D eigenvalue weighted by Crippen LogP contribution is -2.28. The third kappa shape index (κ3) is 3.28. The highest BCUT2D eigenvalue weighted by Gasteiger charge is 2.35. The third-order valence-electron chi connectivity index (χ3n) is 4.23. The lowest BCUT2D eigenvalue weighted by molar-refractivity contribution is -0.0458. The highest BCUT2D eigenvalue weighted by molar-refractivity contribution is 5.77. The summed E-state index contributed by atoms with van der Waals surface area (Å²) in [5, 5.41) is 37.6. The second-order valence-corrected chi connectivity index (χ2v) is 6.01. The standard InChI is InChI=1S/C15H16N8O4/c16-14-10(19-18-7-1-2-8-9(3-7)21-22-20-8)5-23(15(26)17-14)13-4-11(25)12(6-24)27-13/h1-3,5,11-13,24-25H,4,6H2,(H2,16,17,26)(H,20,21,22). The maximum absolute atomic E-state index is 12.1. The first-order valence-electron chi connectivity index (χ1n) is 8.10. The molecule has 5 N–H and O–H groups in total. The molecule has 0 spiro atoms. The minimum Gasteiger partial charge on any atom is -0.394 e. The molecule has 0 radical (unpaired) electrons. The predicted octanol–water partition coefficient (Wildman–Crippen LogP) is 0.153. The Bertz CT molecular complexity index is 1060. The molecule has 4 rings (SSSR count). The van der Waals surface area contributed by atoms with Crippen molar-refractivity contribution in [1.82, 2.24) is 25.0 Å². The molecule has 2 aromatic heterocycles. The smallest absolute Gasteiger partial charge is 0.351 e. The van der Waals surface area contributed by atoms with E-state index in [-0.39, 0.29) is 24.5 Å². The highest BCUT2D eigenvalue weighted by Crippen LogP contribution is 2.30. The number of nitrogens with one attached hydrogen (secondary N) is 1. The zero-order chi connectivity index (χ0) is 19.0. The monoisotopic (exact) mass is 372 g/mol. The van der Waals surface area contributed by atoms with Crippen molar-refractivity contribution in [3.05, 3.63) is 34.9 Å². The van der Waals surface area contributed by atoms with Gasteiger partial charge in [-0.3, -0.25) is 4.57 Å². The lowest BCUT2D eigenvalue weighted by atomic mass is 10.2. The first-order chi connectivity index (χ1) is 13.0. The Balaban J connectivity index is 1.63. The third-order valence-corrected chi connectivity index (χ3v) is 4.23. The molecule has 12 nitrogen and oxygen atoms in total. The fraction of sp³-hybridized carbons (Fsp3) is 0.333. The van der Waals surface area contributed by atoms with Gasteiger partial charge < -0.3 is 20.7 Å². The summed E-state index contributed by atoms with van der Waals surface area (Å²) >= 11 is 0. The van der Waals surface area contributed by atoms with E-state index in [1.165, 1.54) is 10.8 Å². The van der Waals surface area contributed by atoms with E-state index < -0.39 is 24.1 Å². The maximum Gasteiger partial charge on any atom is 0.351 e. The van der Waals surface area contributed by atoms with Crippen LogP contribution in [0.1, 0.15) is 12.6 Å². The van der Waals surface area contributed by atoms with Crippen LogP contribution < -0.4 is 11.4 Å². The predicted molar refractivity (Wildman–Crippen MR) is 92.6 cm³/mol. The molecule has 0 saturated carbocycles. The van der Waals surface area contributed by atoms with Gasteiger partial charge in [0, 0.05) is 12.6 Å². The van der Waals surface area contributed by atoms with Gasteiger partial charge in [-0.15, -0.1) is 5.11 Å². The molecule has 3 aromatic rings. The Kier molecular flexibility index (Phi) is 4.35. The average Bonchev–Trinajstić information content (AvgIpc) is 3.26. The molecule has 1 aliphatic rings. The van der Waals surface area contributed by atoms with E-state index in [4.69, 9.17) is 10.5 Å². The minimum absolute atomic E-state index is 0.0835. The number of aromatic nitrogens is 5. The normalized spacial score (nSPS) is 22.8. The highest BCUT2D eigenvalue weighted by atomic mass is 16.5. The van der Waals surface area contributed by atoms with Crippen molar-refractivity contribution in [2.45, 2.75) is 24.9 Å². The van der Waals surface area contributed by atoms with E-state index in [1.807, 2.05) is 0 Å². The minimum atomic E-state index is -0.885. The summed E-state index contributed by atoms with van der Waals surface area (Å²) in [5.74, 6) is -0.0835. The fourth-order valence-electron chi connectivity index (χ4n) is 2.81. The Morgan fingerprint density at radius 1 is 1.33 bits per heavy atom. The number of aromatic amines is 1. The van der Waals surface area contributed by atoms with Crippen LogP contribution in [0, 0.1) is 0 Å². The molecule has 1 aromatic carbocycles.